The Bertz CT molecular complexity index is 542. The molecule has 0 aliphatic carbocycles. The molecule has 0 bridgehead atoms. The number of nitrogens with two attached hydrogens (primary N) is 1. The van der Waals surface area contributed by atoms with Crippen LogP contribution in [0.1, 0.15) is 38.7 Å². The number of benzene rings is 1. The van der Waals surface area contributed by atoms with Crippen molar-refractivity contribution in [2.24, 2.45) is 5.14 Å². The van der Waals surface area contributed by atoms with E-state index < -0.39 is 20.7 Å². The van der Waals surface area contributed by atoms with E-state index in [2.05, 4.69) is 0 Å². The molecule has 0 aliphatic rings. The summed E-state index contributed by atoms with van der Waals surface area (Å²) >= 11 is 0. The Morgan fingerprint density at radius 3 is 2.40 bits per heavy atom. The molecule has 1 aromatic carbocycles. The summed E-state index contributed by atoms with van der Waals surface area (Å²) < 4.78 is 27.3. The van der Waals surface area contributed by atoms with Crippen LogP contribution in [0.3, 0.4) is 0 Å². The second kappa shape index (κ2) is 6.85. The zero-order valence-corrected chi connectivity index (χ0v) is 12.7. The quantitative estimate of drug-likeness (QED) is 0.615. The minimum atomic E-state index is -3.94. The average molecular weight is 299 g/mol. The number of hydrogen-bond acceptors (Lipinski definition) is 4. The number of unbranched alkanes of at least 4 members (excludes halogenated alkanes) is 1. The maximum absolute atomic E-state index is 11.9. The molecule has 0 heterocycles. The molecule has 2 N–H and O–H groups in total. The lowest BCUT2D eigenvalue weighted by molar-refractivity contribution is -0.144. The van der Waals surface area contributed by atoms with Gasteiger partial charge in [-0.1, -0.05) is 43.7 Å². The minimum Gasteiger partial charge on any atom is -0.466 e. The van der Waals surface area contributed by atoms with E-state index in [-0.39, 0.29) is 6.42 Å². The van der Waals surface area contributed by atoms with Crippen molar-refractivity contribution < 1.29 is 17.9 Å². The Hall–Kier alpha value is -1.40. The molecule has 0 saturated carbocycles. The third-order valence-electron chi connectivity index (χ3n) is 3.26. The summed E-state index contributed by atoms with van der Waals surface area (Å²) in [4.78, 5) is 11.8. The first-order valence-corrected chi connectivity index (χ1v) is 8.09. The molecule has 1 aromatic rings. The molecule has 0 amide bonds. The number of esters is 1. The van der Waals surface area contributed by atoms with Gasteiger partial charge in [0, 0.05) is 0 Å². The highest BCUT2D eigenvalue weighted by molar-refractivity contribution is 7.90. The van der Waals surface area contributed by atoms with E-state index in [1.54, 1.807) is 30.3 Å². The molecule has 0 radical (unpaired) electrons. The molecule has 6 heteroatoms. The van der Waals surface area contributed by atoms with E-state index in [4.69, 9.17) is 9.88 Å². The van der Waals surface area contributed by atoms with E-state index >= 15 is 0 Å². The molecule has 0 aromatic heterocycles. The van der Waals surface area contributed by atoms with Crippen molar-refractivity contribution >= 4 is 16.0 Å². The second-order valence-corrected chi connectivity index (χ2v) is 6.88. The Labute approximate surface area is 120 Å². The fourth-order valence-electron chi connectivity index (χ4n) is 1.81. The molecule has 0 saturated heterocycles. The number of carbonyl (C=O) groups is 1. The molecule has 1 rings (SSSR count). The monoisotopic (exact) mass is 299 g/mol. The number of primary sulfonamides is 1. The molecule has 0 spiro atoms. The van der Waals surface area contributed by atoms with Crippen molar-refractivity contribution in [2.75, 3.05) is 6.61 Å². The zero-order chi connectivity index (χ0) is 15.2. The molecular weight excluding hydrogens is 278 g/mol. The van der Waals surface area contributed by atoms with Crippen molar-refractivity contribution in [1.82, 2.24) is 0 Å². The van der Waals surface area contributed by atoms with Gasteiger partial charge in [0.15, 0.2) is 0 Å². The van der Waals surface area contributed by atoms with Crippen molar-refractivity contribution in [3.8, 4) is 0 Å². The van der Waals surface area contributed by atoms with Crippen LogP contribution in [0.2, 0.25) is 0 Å². The third kappa shape index (κ3) is 4.05. The van der Waals surface area contributed by atoms with Crippen LogP contribution in [0.5, 0.6) is 0 Å². The lowest BCUT2D eigenvalue weighted by atomic mass is 9.97. The largest absolute Gasteiger partial charge is 0.466 e. The normalized spacial score (nSPS) is 14.6. The molecule has 5 nitrogen and oxygen atoms in total. The van der Waals surface area contributed by atoms with E-state index in [1.807, 2.05) is 6.92 Å². The van der Waals surface area contributed by atoms with E-state index in [0.717, 1.165) is 12.8 Å². The summed E-state index contributed by atoms with van der Waals surface area (Å²) in [7, 11) is -3.94. The number of sulfonamides is 1. The van der Waals surface area contributed by atoms with Gasteiger partial charge in [0.05, 0.1) is 13.0 Å². The highest BCUT2D eigenvalue weighted by atomic mass is 32.2. The van der Waals surface area contributed by atoms with Crippen LogP contribution in [0.4, 0.5) is 0 Å². The topological polar surface area (TPSA) is 86.5 Å². The Balaban J connectivity index is 2.95. The van der Waals surface area contributed by atoms with Crippen molar-refractivity contribution in [2.45, 2.75) is 37.9 Å². The van der Waals surface area contributed by atoms with Gasteiger partial charge in [-0.3, -0.25) is 4.79 Å². The molecule has 1 unspecified atom stereocenters. The van der Waals surface area contributed by atoms with Crippen LogP contribution in [0, 0.1) is 0 Å². The predicted octanol–water partition coefficient (Wildman–Crippen LogP) is 1.92. The lowest BCUT2D eigenvalue weighted by Gasteiger charge is -2.26. The summed E-state index contributed by atoms with van der Waals surface area (Å²) in [6, 6.07) is 8.47. The van der Waals surface area contributed by atoms with Crippen LogP contribution < -0.4 is 5.14 Å². The molecule has 112 valence electrons. The summed E-state index contributed by atoms with van der Waals surface area (Å²) in [6.45, 7) is 3.72. The first-order chi connectivity index (χ1) is 9.31. The van der Waals surface area contributed by atoms with E-state index in [0.29, 0.717) is 12.2 Å². The standard InChI is InChI=1S/C14H21NO4S/c1-3-4-10-19-13(16)11-14(2,20(15,17)18)12-8-6-5-7-9-12/h5-9H,3-4,10-11H2,1-2H3,(H2,15,17,18). The maximum atomic E-state index is 11.9. The number of hydrogen-bond donors (Lipinski definition) is 1. The van der Waals surface area contributed by atoms with E-state index in [9.17, 15) is 13.2 Å². The summed E-state index contributed by atoms with van der Waals surface area (Å²) in [5.41, 5.74) is 0.481. The van der Waals surface area contributed by atoms with Gasteiger partial charge in [0.1, 0.15) is 4.75 Å². The molecule has 0 aliphatic heterocycles. The van der Waals surface area contributed by atoms with Crippen LogP contribution in [-0.2, 0) is 24.3 Å². The Morgan fingerprint density at radius 1 is 1.30 bits per heavy atom. The van der Waals surface area contributed by atoms with Gasteiger partial charge in [-0.2, -0.15) is 0 Å². The third-order valence-corrected chi connectivity index (χ3v) is 4.89. The van der Waals surface area contributed by atoms with Crippen molar-refractivity contribution in [1.29, 1.82) is 0 Å². The van der Waals surface area contributed by atoms with Crippen LogP contribution in [-0.4, -0.2) is 21.0 Å². The smallest absolute Gasteiger partial charge is 0.307 e. The van der Waals surface area contributed by atoms with Gasteiger partial charge < -0.3 is 4.74 Å². The second-order valence-electron chi connectivity index (χ2n) is 4.89. The fraction of sp³-hybridized carbons (Fsp3) is 0.500. The fourth-order valence-corrected chi connectivity index (χ4v) is 2.60. The number of rotatable bonds is 7. The molecule has 1 atom stereocenters. The first-order valence-electron chi connectivity index (χ1n) is 6.54. The SMILES string of the molecule is CCCCOC(=O)CC(C)(c1ccccc1)S(N)(=O)=O. The molecule has 0 fully saturated rings. The predicted molar refractivity (Wildman–Crippen MR) is 77.4 cm³/mol. The summed E-state index contributed by atoms with van der Waals surface area (Å²) in [5, 5.41) is 5.31. The highest BCUT2D eigenvalue weighted by Gasteiger charge is 2.41. The number of ether oxygens (including phenoxy) is 1. The van der Waals surface area contributed by atoms with Crippen molar-refractivity contribution in [3.05, 3.63) is 35.9 Å². The minimum absolute atomic E-state index is 0.292. The maximum Gasteiger partial charge on any atom is 0.307 e. The highest BCUT2D eigenvalue weighted by Crippen LogP contribution is 2.32. The number of carbonyl (C=O) groups excluding carboxylic acids is 1. The average Bonchev–Trinajstić information content (AvgIpc) is 2.38. The first kappa shape index (κ1) is 16.7. The summed E-state index contributed by atoms with van der Waals surface area (Å²) in [6.07, 6.45) is 1.36. The molecule has 20 heavy (non-hydrogen) atoms. The van der Waals surface area contributed by atoms with Crippen molar-refractivity contribution in [3.63, 3.8) is 0 Å². The lowest BCUT2D eigenvalue weighted by Crippen LogP contribution is -2.40. The van der Waals surface area contributed by atoms with Gasteiger partial charge in [-0.25, -0.2) is 13.6 Å². The van der Waals surface area contributed by atoms with Crippen LogP contribution in [0.15, 0.2) is 30.3 Å². The zero-order valence-electron chi connectivity index (χ0n) is 11.8. The van der Waals surface area contributed by atoms with Gasteiger partial charge in [0.2, 0.25) is 10.0 Å². The van der Waals surface area contributed by atoms with Gasteiger partial charge in [-0.15, -0.1) is 0 Å². The van der Waals surface area contributed by atoms with Crippen LogP contribution >= 0.6 is 0 Å². The van der Waals surface area contributed by atoms with Crippen LogP contribution in [0.25, 0.3) is 0 Å². The Kier molecular flexibility index (Phi) is 5.71. The van der Waals surface area contributed by atoms with E-state index in [1.165, 1.54) is 6.92 Å². The molecular formula is C14H21NO4S. The Morgan fingerprint density at radius 2 is 1.90 bits per heavy atom. The van der Waals surface area contributed by atoms with Gasteiger partial charge in [-0.05, 0) is 18.9 Å². The van der Waals surface area contributed by atoms with Gasteiger partial charge in [0.25, 0.3) is 0 Å². The van der Waals surface area contributed by atoms with Gasteiger partial charge >= 0.3 is 5.97 Å². The summed E-state index contributed by atoms with van der Waals surface area (Å²) in [5.74, 6) is -0.557.